The van der Waals surface area contributed by atoms with Gasteiger partial charge in [0.1, 0.15) is 5.75 Å². The van der Waals surface area contributed by atoms with Crippen LogP contribution in [0, 0.1) is 0 Å². The van der Waals surface area contributed by atoms with E-state index in [1.54, 1.807) is 7.11 Å². The van der Waals surface area contributed by atoms with E-state index in [4.69, 9.17) is 27.9 Å². The predicted molar refractivity (Wildman–Crippen MR) is 78.6 cm³/mol. The smallest absolute Gasteiger partial charge is 0.123 e. The average Bonchev–Trinajstić information content (AvgIpc) is 2.48. The molecule has 0 bridgehead atoms. The van der Waals surface area contributed by atoms with Crippen molar-refractivity contribution in [3.05, 3.63) is 65.7 Å². The summed E-state index contributed by atoms with van der Waals surface area (Å²) in [5.41, 5.74) is 2.21. The van der Waals surface area contributed by atoms with E-state index in [1.807, 2.05) is 54.6 Å². The summed E-state index contributed by atoms with van der Waals surface area (Å²) in [6.07, 6.45) is 0. The van der Waals surface area contributed by atoms with E-state index >= 15 is 0 Å². The Hall–Kier alpha value is -1.18. The second-order valence-electron chi connectivity index (χ2n) is 3.56. The lowest BCUT2D eigenvalue weighted by Crippen LogP contribution is -1.87. The number of para-hydroxylation sites is 1. The largest absolute Gasteiger partial charge is 0.496 e. The maximum atomic E-state index is 5.63. The first kappa shape index (κ1) is 14.9. The van der Waals surface area contributed by atoms with Crippen molar-refractivity contribution in [2.45, 2.75) is 11.8 Å². The molecule has 0 amide bonds. The Morgan fingerprint density at radius 2 is 1.44 bits per heavy atom. The molecule has 0 aliphatic rings. The molecule has 96 valence electrons. The second kappa shape index (κ2) is 8.84. The first-order valence-corrected chi connectivity index (χ1v) is 6.66. The molecule has 0 saturated heterocycles. The van der Waals surface area contributed by atoms with Crippen LogP contribution in [-0.4, -0.2) is 7.11 Å². The van der Waals surface area contributed by atoms with Crippen molar-refractivity contribution in [2.75, 3.05) is 7.11 Å². The molecule has 0 saturated carbocycles. The number of benzene rings is 2. The molecule has 0 heterocycles. The minimum absolute atomic E-state index is 0.504. The molecule has 0 unspecified atom stereocenters. The summed E-state index contributed by atoms with van der Waals surface area (Å²) in [6.45, 7) is 0. The van der Waals surface area contributed by atoms with Gasteiger partial charge in [-0.05, 0) is 11.6 Å². The van der Waals surface area contributed by atoms with Crippen LogP contribution in [-0.2, 0) is 11.8 Å². The van der Waals surface area contributed by atoms with Crippen LogP contribution in [0.3, 0.4) is 0 Å². The molecule has 0 aliphatic carbocycles. The van der Waals surface area contributed by atoms with Crippen LogP contribution in [0.4, 0.5) is 0 Å². The number of hydrogen-bond donors (Lipinski definition) is 0. The van der Waals surface area contributed by atoms with E-state index < -0.39 is 0 Å². The van der Waals surface area contributed by atoms with Gasteiger partial charge in [0, 0.05) is 11.4 Å². The van der Waals surface area contributed by atoms with Crippen molar-refractivity contribution in [1.82, 2.24) is 0 Å². The number of alkyl halides is 2. The van der Waals surface area contributed by atoms with Crippen molar-refractivity contribution in [2.24, 2.45) is 0 Å². The minimum atomic E-state index is 0.504. The summed E-state index contributed by atoms with van der Waals surface area (Å²) in [5, 5.41) is 0. The molecule has 2 rings (SSSR count). The van der Waals surface area contributed by atoms with E-state index in [0.29, 0.717) is 11.8 Å². The molecule has 2 aromatic rings. The highest BCUT2D eigenvalue weighted by Gasteiger charge is 1.96. The molecule has 0 fully saturated rings. The molecule has 18 heavy (non-hydrogen) atoms. The van der Waals surface area contributed by atoms with Gasteiger partial charge in [0.25, 0.3) is 0 Å². The van der Waals surface area contributed by atoms with E-state index in [9.17, 15) is 0 Å². The Morgan fingerprint density at radius 3 is 1.89 bits per heavy atom. The van der Waals surface area contributed by atoms with Gasteiger partial charge in [0.2, 0.25) is 0 Å². The number of rotatable bonds is 3. The maximum absolute atomic E-state index is 5.63. The monoisotopic (exact) mass is 282 g/mol. The summed E-state index contributed by atoms with van der Waals surface area (Å²) < 4.78 is 5.05. The maximum Gasteiger partial charge on any atom is 0.123 e. The van der Waals surface area contributed by atoms with E-state index in [2.05, 4.69) is 0 Å². The Bertz CT molecular complexity index is 420. The van der Waals surface area contributed by atoms with Crippen LogP contribution in [0.5, 0.6) is 5.75 Å². The van der Waals surface area contributed by atoms with Crippen LogP contribution in [0.1, 0.15) is 11.1 Å². The third-order valence-corrected chi connectivity index (χ3v) is 2.93. The Morgan fingerprint density at radius 1 is 0.833 bits per heavy atom. The fourth-order valence-corrected chi connectivity index (χ4v) is 1.78. The summed E-state index contributed by atoms with van der Waals surface area (Å²) in [4.78, 5) is 0. The zero-order chi connectivity index (χ0) is 13.2. The Kier molecular flexibility index (Phi) is 7.31. The molecule has 2 aromatic carbocycles. The molecule has 1 nitrogen and oxygen atoms in total. The first-order valence-electron chi connectivity index (χ1n) is 5.59. The van der Waals surface area contributed by atoms with Crippen molar-refractivity contribution < 1.29 is 4.74 Å². The van der Waals surface area contributed by atoms with Crippen molar-refractivity contribution in [3.8, 4) is 5.75 Å². The fraction of sp³-hybridized carbons (Fsp3) is 0.200. The van der Waals surface area contributed by atoms with Gasteiger partial charge in [0.15, 0.2) is 0 Å². The third kappa shape index (κ3) is 4.99. The Labute approximate surface area is 118 Å². The minimum Gasteiger partial charge on any atom is -0.496 e. The molecule has 3 heteroatoms. The summed E-state index contributed by atoms with van der Waals surface area (Å²) in [5.74, 6) is 1.97. The number of hydrogen-bond acceptors (Lipinski definition) is 1. The molecule has 0 atom stereocenters. The van der Waals surface area contributed by atoms with Gasteiger partial charge >= 0.3 is 0 Å². The first-order chi connectivity index (χ1) is 8.81. The standard InChI is InChI=1S/C8H9ClO.C7H7Cl/c1-10-8-5-3-2-4-7(8)6-9;8-6-7-4-2-1-3-5-7/h2-5H,6H2,1H3;1-5H,6H2. The van der Waals surface area contributed by atoms with E-state index in [1.165, 1.54) is 5.56 Å². The molecular formula is C15H16Cl2O. The number of halogens is 2. The van der Waals surface area contributed by atoms with Gasteiger partial charge in [0.05, 0.1) is 13.0 Å². The highest BCUT2D eigenvalue weighted by atomic mass is 35.5. The van der Waals surface area contributed by atoms with Gasteiger partial charge < -0.3 is 4.74 Å². The quantitative estimate of drug-likeness (QED) is 0.731. The zero-order valence-electron chi connectivity index (χ0n) is 10.3. The molecule has 0 aliphatic heterocycles. The lowest BCUT2D eigenvalue weighted by atomic mass is 10.2. The summed E-state index contributed by atoms with van der Waals surface area (Å²) in [7, 11) is 1.64. The lowest BCUT2D eigenvalue weighted by molar-refractivity contribution is 0.411. The van der Waals surface area contributed by atoms with Gasteiger partial charge in [-0.15, -0.1) is 23.2 Å². The van der Waals surface area contributed by atoms with Gasteiger partial charge in [-0.3, -0.25) is 0 Å². The number of methoxy groups -OCH3 is 1. The molecular weight excluding hydrogens is 267 g/mol. The van der Waals surface area contributed by atoms with Gasteiger partial charge in [-0.2, -0.15) is 0 Å². The van der Waals surface area contributed by atoms with Crippen molar-refractivity contribution in [1.29, 1.82) is 0 Å². The van der Waals surface area contributed by atoms with Gasteiger partial charge in [-0.1, -0.05) is 48.5 Å². The highest BCUT2D eigenvalue weighted by Crippen LogP contribution is 2.18. The summed E-state index contributed by atoms with van der Waals surface area (Å²) >= 11 is 11.2. The molecule has 0 radical (unpaired) electrons. The van der Waals surface area contributed by atoms with Gasteiger partial charge in [-0.25, -0.2) is 0 Å². The van der Waals surface area contributed by atoms with Crippen LogP contribution >= 0.6 is 23.2 Å². The summed E-state index contributed by atoms with van der Waals surface area (Å²) in [6, 6.07) is 17.7. The fourth-order valence-electron chi connectivity index (χ4n) is 1.38. The Balaban J connectivity index is 0.000000184. The van der Waals surface area contributed by atoms with Crippen molar-refractivity contribution >= 4 is 23.2 Å². The van der Waals surface area contributed by atoms with Crippen LogP contribution in [0.15, 0.2) is 54.6 Å². The van der Waals surface area contributed by atoms with Crippen LogP contribution in [0.25, 0.3) is 0 Å². The molecule has 0 N–H and O–H groups in total. The highest BCUT2D eigenvalue weighted by molar-refractivity contribution is 6.17. The van der Waals surface area contributed by atoms with Crippen LogP contribution in [0.2, 0.25) is 0 Å². The normalized spacial score (nSPS) is 9.28. The van der Waals surface area contributed by atoms with Crippen LogP contribution < -0.4 is 4.74 Å². The second-order valence-corrected chi connectivity index (χ2v) is 4.10. The molecule has 0 aromatic heterocycles. The average molecular weight is 283 g/mol. The number of ether oxygens (including phenoxy) is 1. The predicted octanol–water partition coefficient (Wildman–Crippen LogP) is 4.86. The van der Waals surface area contributed by atoms with E-state index in [-0.39, 0.29) is 0 Å². The van der Waals surface area contributed by atoms with E-state index in [0.717, 1.165) is 11.3 Å². The zero-order valence-corrected chi connectivity index (χ0v) is 11.8. The molecule has 0 spiro atoms. The SMILES string of the molecule is COc1ccccc1CCl.ClCc1ccccc1. The lowest BCUT2D eigenvalue weighted by Gasteiger charge is -2.02. The van der Waals surface area contributed by atoms with Crippen molar-refractivity contribution in [3.63, 3.8) is 0 Å². The third-order valence-electron chi connectivity index (χ3n) is 2.33. The topological polar surface area (TPSA) is 9.23 Å².